The summed E-state index contributed by atoms with van der Waals surface area (Å²) >= 11 is 1.32. The summed E-state index contributed by atoms with van der Waals surface area (Å²) in [6, 6.07) is 9.53. The molecule has 31 heavy (non-hydrogen) atoms. The third-order valence-electron chi connectivity index (χ3n) is 4.21. The van der Waals surface area contributed by atoms with Gasteiger partial charge in [0.2, 0.25) is 0 Å². The summed E-state index contributed by atoms with van der Waals surface area (Å²) < 4.78 is 27.3. The molecule has 0 aliphatic carbocycles. The maximum Gasteiger partial charge on any atom is 0.303 e. The van der Waals surface area contributed by atoms with Crippen molar-refractivity contribution in [2.24, 2.45) is 0 Å². The average molecular weight is 454 g/mol. The van der Waals surface area contributed by atoms with Gasteiger partial charge in [0.05, 0.1) is 0 Å². The third kappa shape index (κ3) is 7.87. The molecule has 0 N–H and O–H groups in total. The Morgan fingerprint density at radius 3 is 1.90 bits per heavy atom. The summed E-state index contributed by atoms with van der Waals surface area (Å²) in [7, 11) is 0. The molecule has 5 atom stereocenters. The number of carbonyl (C=O) groups excluding carboxylic acids is 4. The Labute approximate surface area is 184 Å². The highest BCUT2D eigenvalue weighted by atomic mass is 32.2. The molecule has 1 heterocycles. The highest BCUT2D eigenvalue weighted by molar-refractivity contribution is 7.99. The SMILES string of the molecule is CC(=O)OCC1OC(SCc2ccccc2)C(OC(C)=O)C(OC(C)=O)C1OC(C)=O. The first-order valence-electron chi connectivity index (χ1n) is 9.63. The fourth-order valence-electron chi connectivity index (χ4n) is 3.08. The topological polar surface area (TPSA) is 114 Å². The highest BCUT2D eigenvalue weighted by Crippen LogP contribution is 2.35. The fourth-order valence-corrected chi connectivity index (χ4v) is 4.25. The second kappa shape index (κ2) is 11.7. The van der Waals surface area contributed by atoms with Crippen molar-refractivity contribution in [3.8, 4) is 0 Å². The standard InChI is InChI=1S/C21H26O9S/c1-12(22)26-10-17-18(27-13(2)23)19(28-14(3)24)20(29-15(4)25)21(30-17)31-11-16-8-6-5-7-9-16/h5-9,17-21H,10-11H2,1-4H3. The van der Waals surface area contributed by atoms with Crippen LogP contribution < -0.4 is 0 Å². The Kier molecular flexibility index (Phi) is 9.32. The lowest BCUT2D eigenvalue weighted by Gasteiger charge is -2.44. The van der Waals surface area contributed by atoms with E-state index < -0.39 is 53.7 Å². The van der Waals surface area contributed by atoms with Crippen molar-refractivity contribution in [3.05, 3.63) is 35.9 Å². The van der Waals surface area contributed by atoms with Crippen molar-refractivity contribution in [1.29, 1.82) is 0 Å². The zero-order valence-corrected chi connectivity index (χ0v) is 18.6. The lowest BCUT2D eigenvalue weighted by molar-refractivity contribution is -0.237. The quantitative estimate of drug-likeness (QED) is 0.427. The Hall–Kier alpha value is -2.59. The molecule has 0 aromatic heterocycles. The summed E-state index contributed by atoms with van der Waals surface area (Å²) in [6.45, 7) is 4.59. The fraction of sp³-hybridized carbons (Fsp3) is 0.524. The van der Waals surface area contributed by atoms with Crippen molar-refractivity contribution >= 4 is 35.6 Å². The Morgan fingerprint density at radius 2 is 1.35 bits per heavy atom. The van der Waals surface area contributed by atoms with E-state index in [1.165, 1.54) is 39.5 Å². The molecule has 0 saturated carbocycles. The van der Waals surface area contributed by atoms with Gasteiger partial charge in [-0.05, 0) is 5.56 Å². The Bertz CT molecular complexity index is 782. The Balaban J connectivity index is 2.35. The second-order valence-electron chi connectivity index (χ2n) is 6.86. The maximum absolute atomic E-state index is 11.8. The van der Waals surface area contributed by atoms with Crippen molar-refractivity contribution in [3.63, 3.8) is 0 Å². The number of benzene rings is 1. The molecule has 170 valence electrons. The van der Waals surface area contributed by atoms with Crippen LogP contribution in [0.25, 0.3) is 0 Å². The second-order valence-corrected chi connectivity index (χ2v) is 7.95. The van der Waals surface area contributed by atoms with Crippen LogP contribution in [-0.4, -0.2) is 60.3 Å². The van der Waals surface area contributed by atoms with Crippen LogP contribution >= 0.6 is 11.8 Å². The summed E-state index contributed by atoms with van der Waals surface area (Å²) in [5, 5.41) is 0. The molecule has 0 amide bonds. The molecular formula is C21H26O9S. The lowest BCUT2D eigenvalue weighted by Crippen LogP contribution is -2.61. The summed E-state index contributed by atoms with van der Waals surface area (Å²) in [6.07, 6.45) is -4.27. The van der Waals surface area contributed by atoms with Gasteiger partial charge in [-0.15, -0.1) is 11.8 Å². The van der Waals surface area contributed by atoms with Crippen LogP contribution in [0.5, 0.6) is 0 Å². The van der Waals surface area contributed by atoms with E-state index in [1.807, 2.05) is 30.3 Å². The first kappa shape index (κ1) is 24.7. The van der Waals surface area contributed by atoms with Gasteiger partial charge in [0, 0.05) is 33.4 Å². The molecule has 1 aromatic carbocycles. The van der Waals surface area contributed by atoms with E-state index in [9.17, 15) is 19.2 Å². The van der Waals surface area contributed by atoms with Gasteiger partial charge in [-0.1, -0.05) is 30.3 Å². The predicted molar refractivity (Wildman–Crippen MR) is 110 cm³/mol. The highest BCUT2D eigenvalue weighted by Gasteiger charge is 2.52. The summed E-state index contributed by atoms with van der Waals surface area (Å²) in [5.41, 5.74) is 0.223. The van der Waals surface area contributed by atoms with Gasteiger partial charge in [0.15, 0.2) is 18.3 Å². The van der Waals surface area contributed by atoms with Crippen LogP contribution in [0.2, 0.25) is 0 Å². The number of esters is 4. The molecule has 1 aromatic rings. The first-order valence-corrected chi connectivity index (χ1v) is 10.7. The van der Waals surface area contributed by atoms with Crippen LogP contribution in [0.4, 0.5) is 0 Å². The number of rotatable bonds is 8. The van der Waals surface area contributed by atoms with E-state index in [0.717, 1.165) is 5.56 Å². The van der Waals surface area contributed by atoms with E-state index >= 15 is 0 Å². The van der Waals surface area contributed by atoms with Gasteiger partial charge in [-0.25, -0.2) is 0 Å². The van der Waals surface area contributed by atoms with Crippen molar-refractivity contribution < 1.29 is 42.9 Å². The van der Waals surface area contributed by atoms with Gasteiger partial charge >= 0.3 is 23.9 Å². The minimum absolute atomic E-state index is 0.236. The molecule has 1 saturated heterocycles. The van der Waals surface area contributed by atoms with Crippen LogP contribution in [0.1, 0.15) is 33.3 Å². The molecule has 0 bridgehead atoms. The molecular weight excluding hydrogens is 428 g/mol. The number of hydrogen-bond donors (Lipinski definition) is 0. The molecule has 2 rings (SSSR count). The van der Waals surface area contributed by atoms with E-state index in [4.69, 9.17) is 23.7 Å². The normalized spacial score (nSPS) is 25.2. The van der Waals surface area contributed by atoms with Gasteiger partial charge in [-0.2, -0.15) is 0 Å². The van der Waals surface area contributed by atoms with Crippen LogP contribution in [0.15, 0.2) is 30.3 Å². The predicted octanol–water partition coefficient (Wildman–Crippen LogP) is 2.00. The van der Waals surface area contributed by atoms with Crippen LogP contribution in [-0.2, 0) is 48.6 Å². The van der Waals surface area contributed by atoms with Gasteiger partial charge in [0.25, 0.3) is 0 Å². The molecule has 0 radical (unpaired) electrons. The molecule has 1 aliphatic heterocycles. The molecule has 5 unspecified atom stereocenters. The minimum atomic E-state index is -1.15. The van der Waals surface area contributed by atoms with Gasteiger partial charge in [-0.3, -0.25) is 19.2 Å². The summed E-state index contributed by atoms with van der Waals surface area (Å²) in [5.74, 6) is -1.97. The van der Waals surface area contributed by atoms with Crippen LogP contribution in [0.3, 0.4) is 0 Å². The maximum atomic E-state index is 11.8. The zero-order valence-electron chi connectivity index (χ0n) is 17.8. The lowest BCUT2D eigenvalue weighted by atomic mass is 9.99. The molecule has 10 heteroatoms. The third-order valence-corrected chi connectivity index (χ3v) is 5.41. The molecule has 9 nitrogen and oxygen atoms in total. The van der Waals surface area contributed by atoms with Crippen molar-refractivity contribution in [1.82, 2.24) is 0 Å². The Morgan fingerprint density at radius 1 is 0.806 bits per heavy atom. The number of carbonyl (C=O) groups is 4. The van der Waals surface area contributed by atoms with Crippen LogP contribution in [0, 0.1) is 0 Å². The smallest absolute Gasteiger partial charge is 0.303 e. The monoisotopic (exact) mass is 454 g/mol. The number of hydrogen-bond acceptors (Lipinski definition) is 10. The number of thioether (sulfide) groups is 1. The zero-order chi connectivity index (χ0) is 23.0. The van der Waals surface area contributed by atoms with Gasteiger partial charge < -0.3 is 23.7 Å². The van der Waals surface area contributed by atoms with Crippen molar-refractivity contribution in [2.75, 3.05) is 6.61 Å². The van der Waals surface area contributed by atoms with E-state index in [-0.39, 0.29) is 6.61 Å². The number of ether oxygens (including phenoxy) is 5. The van der Waals surface area contributed by atoms with E-state index in [1.54, 1.807) is 0 Å². The van der Waals surface area contributed by atoms with Gasteiger partial charge in [0.1, 0.15) is 18.1 Å². The average Bonchev–Trinajstić information content (AvgIpc) is 2.68. The minimum Gasteiger partial charge on any atom is -0.463 e. The largest absolute Gasteiger partial charge is 0.463 e. The van der Waals surface area contributed by atoms with E-state index in [2.05, 4.69) is 0 Å². The molecule has 0 spiro atoms. The molecule has 1 aliphatic rings. The first-order chi connectivity index (χ1) is 14.7. The molecule has 1 fully saturated rings. The van der Waals surface area contributed by atoms with E-state index in [0.29, 0.717) is 5.75 Å². The van der Waals surface area contributed by atoms with Crippen molar-refractivity contribution in [2.45, 2.75) is 63.3 Å². The summed E-state index contributed by atoms with van der Waals surface area (Å²) in [4.78, 5) is 46.6.